The molecule has 0 atom stereocenters. The number of hydrogen-bond acceptors (Lipinski definition) is 4. The molecule has 1 aromatic carbocycles. The Kier molecular flexibility index (Phi) is 5.06. The van der Waals surface area contributed by atoms with Gasteiger partial charge in [-0.3, -0.25) is 4.68 Å². The Bertz CT molecular complexity index is 820. The van der Waals surface area contributed by atoms with Crippen molar-refractivity contribution in [1.29, 1.82) is 0 Å². The van der Waals surface area contributed by atoms with Gasteiger partial charge in [0.25, 0.3) is 0 Å². The van der Waals surface area contributed by atoms with Gasteiger partial charge < -0.3 is 5.32 Å². The highest BCUT2D eigenvalue weighted by Gasteiger charge is 2.09. The summed E-state index contributed by atoms with van der Waals surface area (Å²) in [5.74, 6) is -0.224. The van der Waals surface area contributed by atoms with Crippen LogP contribution < -0.4 is 5.32 Å². The summed E-state index contributed by atoms with van der Waals surface area (Å²) in [5.41, 5.74) is 5.61. The van der Waals surface area contributed by atoms with Gasteiger partial charge in [-0.1, -0.05) is 0 Å². The molecule has 3 rings (SSSR count). The molecule has 0 radical (unpaired) electrons. The second-order valence-corrected chi connectivity index (χ2v) is 6.71. The summed E-state index contributed by atoms with van der Waals surface area (Å²) in [6.07, 6.45) is 0.959. The monoisotopic (exact) mass is 344 g/mol. The Morgan fingerprint density at radius 1 is 1.21 bits per heavy atom. The van der Waals surface area contributed by atoms with Crippen molar-refractivity contribution in [3.8, 4) is 10.6 Å². The quantitative estimate of drug-likeness (QED) is 0.694. The zero-order chi connectivity index (χ0) is 17.1. The topological polar surface area (TPSA) is 42.7 Å². The third kappa shape index (κ3) is 3.71. The van der Waals surface area contributed by atoms with Crippen LogP contribution in [-0.4, -0.2) is 21.3 Å². The first-order valence-electron chi connectivity index (χ1n) is 7.94. The summed E-state index contributed by atoms with van der Waals surface area (Å²) in [6.45, 7) is 5.77. The van der Waals surface area contributed by atoms with Crippen molar-refractivity contribution >= 4 is 11.3 Å². The highest BCUT2D eigenvalue weighted by molar-refractivity contribution is 7.13. The molecule has 0 bridgehead atoms. The second kappa shape index (κ2) is 7.23. The van der Waals surface area contributed by atoms with Gasteiger partial charge in [-0.05, 0) is 56.6 Å². The lowest BCUT2D eigenvalue weighted by molar-refractivity contribution is 0.628. The molecule has 0 aliphatic heterocycles. The van der Waals surface area contributed by atoms with E-state index in [1.165, 1.54) is 23.4 Å². The van der Waals surface area contributed by atoms with Crippen LogP contribution in [0, 0.1) is 19.7 Å². The first-order chi connectivity index (χ1) is 11.5. The molecule has 0 aliphatic rings. The molecule has 0 saturated heterocycles. The zero-order valence-corrected chi connectivity index (χ0v) is 15.0. The van der Waals surface area contributed by atoms with E-state index in [2.05, 4.69) is 29.2 Å². The van der Waals surface area contributed by atoms with Gasteiger partial charge in [0.15, 0.2) is 0 Å². The number of hydrogen-bond donors (Lipinski definition) is 1. The first-order valence-corrected chi connectivity index (χ1v) is 8.82. The van der Waals surface area contributed by atoms with Crippen molar-refractivity contribution in [3.05, 3.63) is 58.1 Å². The Morgan fingerprint density at radius 2 is 1.96 bits per heavy atom. The number of thiazole rings is 1. The third-order valence-corrected chi connectivity index (χ3v) is 5.10. The largest absolute Gasteiger partial charge is 0.311 e. The normalized spacial score (nSPS) is 11.2. The Balaban J connectivity index is 1.53. The molecular formula is C18H21FN4S. The highest BCUT2D eigenvalue weighted by atomic mass is 32.1. The van der Waals surface area contributed by atoms with E-state index in [0.29, 0.717) is 0 Å². The molecule has 2 heterocycles. The molecule has 126 valence electrons. The molecule has 0 aliphatic carbocycles. The van der Waals surface area contributed by atoms with Gasteiger partial charge in [0.1, 0.15) is 10.8 Å². The molecule has 6 heteroatoms. The average molecular weight is 344 g/mol. The van der Waals surface area contributed by atoms with Crippen LogP contribution >= 0.6 is 11.3 Å². The smallest absolute Gasteiger partial charge is 0.123 e. The summed E-state index contributed by atoms with van der Waals surface area (Å²) < 4.78 is 14.9. The molecule has 0 spiro atoms. The maximum absolute atomic E-state index is 13.0. The van der Waals surface area contributed by atoms with Crippen molar-refractivity contribution in [1.82, 2.24) is 20.1 Å². The minimum Gasteiger partial charge on any atom is -0.311 e. The van der Waals surface area contributed by atoms with Crippen LogP contribution in [0.25, 0.3) is 10.6 Å². The molecule has 0 unspecified atom stereocenters. The number of aryl methyl sites for hydroxylation is 2. The number of benzene rings is 1. The van der Waals surface area contributed by atoms with Gasteiger partial charge in [-0.15, -0.1) is 11.3 Å². The standard InChI is InChI=1S/C18H21FN4S/c1-12-17(13(2)23(3)22-12)8-9-20-10-16-11-24-18(21-16)14-4-6-15(19)7-5-14/h4-7,11,20H,8-10H2,1-3H3. The van der Waals surface area contributed by atoms with Crippen LogP contribution in [0.4, 0.5) is 4.39 Å². The maximum atomic E-state index is 13.0. The minimum atomic E-state index is -0.224. The molecule has 1 N–H and O–H groups in total. The van der Waals surface area contributed by atoms with Crippen LogP contribution in [0.5, 0.6) is 0 Å². The summed E-state index contributed by atoms with van der Waals surface area (Å²) >= 11 is 1.58. The van der Waals surface area contributed by atoms with Crippen LogP contribution in [0.2, 0.25) is 0 Å². The number of rotatable bonds is 6. The van der Waals surface area contributed by atoms with Gasteiger partial charge in [-0.25, -0.2) is 9.37 Å². The second-order valence-electron chi connectivity index (χ2n) is 5.85. The predicted octanol–water partition coefficient (Wildman–Crippen LogP) is 3.63. The van der Waals surface area contributed by atoms with E-state index in [4.69, 9.17) is 0 Å². The number of nitrogens with zero attached hydrogens (tertiary/aromatic N) is 3. The van der Waals surface area contributed by atoms with Gasteiger partial charge in [-0.2, -0.15) is 5.10 Å². The van der Waals surface area contributed by atoms with E-state index in [0.717, 1.165) is 41.5 Å². The number of nitrogens with one attached hydrogen (secondary N) is 1. The molecule has 3 aromatic rings. The minimum absolute atomic E-state index is 0.224. The van der Waals surface area contributed by atoms with Crippen LogP contribution in [0.1, 0.15) is 22.6 Å². The van der Waals surface area contributed by atoms with Crippen molar-refractivity contribution < 1.29 is 4.39 Å². The molecule has 24 heavy (non-hydrogen) atoms. The van der Waals surface area contributed by atoms with Crippen molar-refractivity contribution in [2.75, 3.05) is 6.54 Å². The van der Waals surface area contributed by atoms with Crippen molar-refractivity contribution in [2.45, 2.75) is 26.8 Å². The van der Waals surface area contributed by atoms with E-state index < -0.39 is 0 Å². The van der Waals surface area contributed by atoms with Crippen LogP contribution in [-0.2, 0) is 20.0 Å². The fourth-order valence-electron chi connectivity index (χ4n) is 2.72. The summed E-state index contributed by atoms with van der Waals surface area (Å²) in [5, 5.41) is 10.8. The molecule has 0 amide bonds. The zero-order valence-electron chi connectivity index (χ0n) is 14.1. The van der Waals surface area contributed by atoms with E-state index in [1.54, 1.807) is 23.5 Å². The van der Waals surface area contributed by atoms with Gasteiger partial charge in [0.05, 0.1) is 11.4 Å². The Morgan fingerprint density at radius 3 is 2.62 bits per heavy atom. The molecule has 0 saturated carbocycles. The highest BCUT2D eigenvalue weighted by Crippen LogP contribution is 2.23. The lowest BCUT2D eigenvalue weighted by atomic mass is 10.1. The number of halogens is 1. The average Bonchev–Trinajstić information content (AvgIpc) is 3.12. The SMILES string of the molecule is Cc1nn(C)c(C)c1CCNCc1csc(-c2ccc(F)cc2)n1. The van der Waals surface area contributed by atoms with Gasteiger partial charge >= 0.3 is 0 Å². The lowest BCUT2D eigenvalue weighted by Gasteiger charge is -2.04. The fourth-order valence-corrected chi connectivity index (χ4v) is 3.55. The Labute approximate surface area is 145 Å². The van der Waals surface area contributed by atoms with Gasteiger partial charge in [0.2, 0.25) is 0 Å². The van der Waals surface area contributed by atoms with Crippen LogP contribution in [0.3, 0.4) is 0 Å². The van der Waals surface area contributed by atoms with E-state index in [-0.39, 0.29) is 5.82 Å². The van der Waals surface area contributed by atoms with Crippen LogP contribution in [0.15, 0.2) is 29.6 Å². The van der Waals surface area contributed by atoms with Crippen molar-refractivity contribution in [2.24, 2.45) is 7.05 Å². The van der Waals surface area contributed by atoms with E-state index in [9.17, 15) is 4.39 Å². The summed E-state index contributed by atoms with van der Waals surface area (Å²) in [4.78, 5) is 4.61. The summed E-state index contributed by atoms with van der Waals surface area (Å²) in [7, 11) is 1.98. The fraction of sp³-hybridized carbons (Fsp3) is 0.333. The lowest BCUT2D eigenvalue weighted by Crippen LogP contribution is -2.17. The van der Waals surface area contributed by atoms with Gasteiger partial charge in [0, 0.05) is 30.2 Å². The van der Waals surface area contributed by atoms with Crippen molar-refractivity contribution in [3.63, 3.8) is 0 Å². The summed E-state index contributed by atoms with van der Waals surface area (Å²) in [6, 6.07) is 6.46. The number of aromatic nitrogens is 3. The van der Waals surface area contributed by atoms with E-state index in [1.807, 2.05) is 17.1 Å². The molecular weight excluding hydrogens is 323 g/mol. The van der Waals surface area contributed by atoms with E-state index >= 15 is 0 Å². The molecule has 2 aromatic heterocycles. The molecule has 0 fully saturated rings. The third-order valence-electron chi connectivity index (χ3n) is 4.16. The predicted molar refractivity (Wildman–Crippen MR) is 95.6 cm³/mol. The molecule has 4 nitrogen and oxygen atoms in total. The maximum Gasteiger partial charge on any atom is 0.123 e. The Hall–Kier alpha value is -2.05. The first kappa shape index (κ1) is 16.8.